The van der Waals surface area contributed by atoms with Gasteiger partial charge in [0.1, 0.15) is 0 Å². The second-order valence-electron chi connectivity index (χ2n) is 5.61. The molecule has 0 aliphatic heterocycles. The third-order valence-corrected chi connectivity index (χ3v) is 3.46. The van der Waals surface area contributed by atoms with E-state index in [1.807, 2.05) is 6.92 Å². The fourth-order valence-electron chi connectivity index (χ4n) is 2.27. The maximum absolute atomic E-state index is 12.0. The van der Waals surface area contributed by atoms with Gasteiger partial charge >= 0.3 is 5.97 Å². The molecule has 0 unspecified atom stereocenters. The molecular formula is C17H21N3O4. The van der Waals surface area contributed by atoms with Crippen LogP contribution in [-0.2, 0) is 17.6 Å². The summed E-state index contributed by atoms with van der Waals surface area (Å²) in [6.45, 7) is 3.84. The van der Waals surface area contributed by atoms with Crippen molar-refractivity contribution in [2.24, 2.45) is 0 Å². The van der Waals surface area contributed by atoms with Gasteiger partial charge < -0.3 is 14.9 Å². The molecule has 0 saturated heterocycles. The van der Waals surface area contributed by atoms with Gasteiger partial charge in [-0.05, 0) is 31.9 Å². The van der Waals surface area contributed by atoms with E-state index in [1.54, 1.807) is 19.1 Å². The Balaban J connectivity index is 1.86. The number of nitrogens with zero attached hydrogens (tertiary/aromatic N) is 2. The molecule has 0 aliphatic rings. The number of amides is 1. The summed E-state index contributed by atoms with van der Waals surface area (Å²) in [5.74, 6) is -0.103. The minimum atomic E-state index is -1.07. The number of aromatic carboxylic acids is 1. The highest BCUT2D eigenvalue weighted by molar-refractivity contribution is 6.00. The molecule has 2 N–H and O–H groups in total. The molecule has 1 heterocycles. The Morgan fingerprint density at radius 2 is 2.08 bits per heavy atom. The van der Waals surface area contributed by atoms with E-state index in [4.69, 9.17) is 4.52 Å². The minimum Gasteiger partial charge on any atom is -0.478 e. The molecule has 0 saturated carbocycles. The number of hydrogen-bond donors (Lipinski definition) is 2. The normalized spacial score (nSPS) is 10.6. The summed E-state index contributed by atoms with van der Waals surface area (Å²) in [6, 6.07) is 4.90. The van der Waals surface area contributed by atoms with Gasteiger partial charge in [0.2, 0.25) is 11.8 Å². The number of benzene rings is 1. The van der Waals surface area contributed by atoms with Gasteiger partial charge in [0, 0.05) is 19.3 Å². The lowest BCUT2D eigenvalue weighted by atomic mass is 10.1. The second-order valence-corrected chi connectivity index (χ2v) is 5.61. The zero-order valence-corrected chi connectivity index (χ0v) is 13.8. The first-order valence-corrected chi connectivity index (χ1v) is 7.95. The maximum atomic E-state index is 12.0. The highest BCUT2D eigenvalue weighted by Crippen LogP contribution is 2.18. The third-order valence-electron chi connectivity index (χ3n) is 3.46. The number of carbonyl (C=O) groups excluding carboxylic acids is 1. The molecule has 0 fully saturated rings. The van der Waals surface area contributed by atoms with Gasteiger partial charge in [0.05, 0.1) is 11.3 Å². The van der Waals surface area contributed by atoms with E-state index in [1.165, 1.54) is 6.07 Å². The van der Waals surface area contributed by atoms with Crippen LogP contribution >= 0.6 is 0 Å². The monoisotopic (exact) mass is 331 g/mol. The number of anilines is 1. The van der Waals surface area contributed by atoms with Crippen LogP contribution < -0.4 is 5.32 Å². The number of carboxylic acid groups (broad SMARTS) is 1. The fraction of sp³-hybridized carbons (Fsp3) is 0.412. The van der Waals surface area contributed by atoms with Crippen molar-refractivity contribution in [3.8, 4) is 0 Å². The predicted octanol–water partition coefficient (Wildman–Crippen LogP) is 2.99. The van der Waals surface area contributed by atoms with E-state index in [9.17, 15) is 14.7 Å². The van der Waals surface area contributed by atoms with Crippen LogP contribution in [0.2, 0.25) is 0 Å². The second kappa shape index (κ2) is 8.24. The van der Waals surface area contributed by atoms with Crippen LogP contribution in [0.3, 0.4) is 0 Å². The SMILES string of the molecule is CCCc1noc(CCCC(=O)Nc2ccc(C)cc2C(=O)O)n1. The molecule has 0 spiro atoms. The summed E-state index contributed by atoms with van der Waals surface area (Å²) in [4.78, 5) is 27.5. The largest absolute Gasteiger partial charge is 0.478 e. The first-order chi connectivity index (χ1) is 11.5. The van der Waals surface area contributed by atoms with Crippen molar-refractivity contribution >= 4 is 17.6 Å². The summed E-state index contributed by atoms with van der Waals surface area (Å²) in [5, 5.41) is 15.7. The Bertz CT molecular complexity index is 724. The van der Waals surface area contributed by atoms with Crippen LogP contribution in [-0.4, -0.2) is 27.1 Å². The lowest BCUT2D eigenvalue weighted by molar-refractivity contribution is -0.116. The Hall–Kier alpha value is -2.70. The van der Waals surface area contributed by atoms with Gasteiger partial charge in [-0.2, -0.15) is 4.98 Å². The van der Waals surface area contributed by atoms with Gasteiger partial charge in [0.25, 0.3) is 0 Å². The van der Waals surface area contributed by atoms with Crippen LogP contribution in [0.15, 0.2) is 22.7 Å². The predicted molar refractivity (Wildman–Crippen MR) is 88.0 cm³/mol. The fourth-order valence-corrected chi connectivity index (χ4v) is 2.27. The molecule has 1 amide bonds. The van der Waals surface area contributed by atoms with Gasteiger partial charge in [-0.3, -0.25) is 4.79 Å². The first kappa shape index (κ1) is 17.7. The molecule has 24 heavy (non-hydrogen) atoms. The molecule has 0 aliphatic carbocycles. The summed E-state index contributed by atoms with van der Waals surface area (Å²) < 4.78 is 5.11. The number of carboxylic acids is 1. The van der Waals surface area contributed by atoms with Gasteiger partial charge in [-0.25, -0.2) is 4.79 Å². The van der Waals surface area contributed by atoms with Gasteiger partial charge in [-0.15, -0.1) is 0 Å². The van der Waals surface area contributed by atoms with Crippen molar-refractivity contribution < 1.29 is 19.2 Å². The van der Waals surface area contributed by atoms with Crippen LogP contribution in [0.25, 0.3) is 0 Å². The van der Waals surface area contributed by atoms with E-state index in [2.05, 4.69) is 15.5 Å². The Labute approximate surface area is 140 Å². The zero-order valence-electron chi connectivity index (χ0n) is 13.8. The van der Waals surface area contributed by atoms with Gasteiger partial charge in [-0.1, -0.05) is 23.7 Å². The average molecular weight is 331 g/mol. The topological polar surface area (TPSA) is 105 Å². The smallest absolute Gasteiger partial charge is 0.337 e. The van der Waals surface area contributed by atoms with E-state index >= 15 is 0 Å². The quantitative estimate of drug-likeness (QED) is 0.770. The standard InChI is InChI=1S/C17H21N3O4/c1-3-5-14-19-16(24-20-14)7-4-6-15(21)18-13-9-8-11(2)10-12(13)17(22)23/h8-10H,3-7H2,1-2H3,(H,18,21)(H,22,23). The van der Waals surface area contributed by atoms with Crippen molar-refractivity contribution in [1.82, 2.24) is 10.1 Å². The van der Waals surface area contributed by atoms with E-state index in [0.29, 0.717) is 30.2 Å². The molecule has 1 aromatic carbocycles. The molecule has 7 nitrogen and oxygen atoms in total. The van der Waals surface area contributed by atoms with Crippen molar-refractivity contribution in [3.05, 3.63) is 41.0 Å². The molecule has 2 aromatic rings. The maximum Gasteiger partial charge on any atom is 0.337 e. The molecule has 7 heteroatoms. The van der Waals surface area contributed by atoms with Crippen LogP contribution in [0.5, 0.6) is 0 Å². The molecule has 2 rings (SSSR count). The van der Waals surface area contributed by atoms with Crippen molar-refractivity contribution in [2.75, 3.05) is 5.32 Å². The van der Waals surface area contributed by atoms with Crippen molar-refractivity contribution in [3.63, 3.8) is 0 Å². The van der Waals surface area contributed by atoms with Crippen molar-refractivity contribution in [2.45, 2.75) is 46.0 Å². The molecule has 0 atom stereocenters. The summed E-state index contributed by atoms with van der Waals surface area (Å²) in [7, 11) is 0. The average Bonchev–Trinajstić information content (AvgIpc) is 2.97. The van der Waals surface area contributed by atoms with Crippen LogP contribution in [0.1, 0.15) is 53.8 Å². The van der Waals surface area contributed by atoms with E-state index in [-0.39, 0.29) is 17.9 Å². The summed E-state index contributed by atoms with van der Waals surface area (Å²) in [5.41, 5.74) is 1.22. The molecule has 0 radical (unpaired) electrons. The van der Waals surface area contributed by atoms with Crippen LogP contribution in [0.4, 0.5) is 5.69 Å². The Morgan fingerprint density at radius 1 is 1.29 bits per heavy atom. The number of nitrogens with one attached hydrogen (secondary N) is 1. The van der Waals surface area contributed by atoms with E-state index < -0.39 is 5.97 Å². The lowest BCUT2D eigenvalue weighted by Crippen LogP contribution is -2.14. The number of hydrogen-bond acceptors (Lipinski definition) is 5. The highest BCUT2D eigenvalue weighted by Gasteiger charge is 2.13. The van der Waals surface area contributed by atoms with Crippen LogP contribution in [0, 0.1) is 6.92 Å². The molecular weight excluding hydrogens is 310 g/mol. The Morgan fingerprint density at radius 3 is 2.79 bits per heavy atom. The van der Waals surface area contributed by atoms with E-state index in [0.717, 1.165) is 18.4 Å². The third kappa shape index (κ3) is 4.91. The molecule has 1 aromatic heterocycles. The summed E-state index contributed by atoms with van der Waals surface area (Å²) in [6.07, 6.45) is 3.04. The molecule has 128 valence electrons. The zero-order chi connectivity index (χ0) is 17.5. The first-order valence-electron chi connectivity index (χ1n) is 7.95. The number of carbonyl (C=O) groups is 2. The minimum absolute atomic E-state index is 0.0875. The van der Waals surface area contributed by atoms with Gasteiger partial charge in [0.15, 0.2) is 5.82 Å². The summed E-state index contributed by atoms with van der Waals surface area (Å²) >= 11 is 0. The lowest BCUT2D eigenvalue weighted by Gasteiger charge is -2.09. The Kier molecular flexibility index (Phi) is 6.06. The number of aromatic nitrogens is 2. The number of aryl methyl sites for hydroxylation is 3. The number of rotatable bonds is 8. The highest BCUT2D eigenvalue weighted by atomic mass is 16.5. The molecule has 0 bridgehead atoms. The van der Waals surface area contributed by atoms with Crippen molar-refractivity contribution in [1.29, 1.82) is 0 Å².